The highest BCUT2D eigenvalue weighted by Gasteiger charge is 2.39. The molecule has 9 heteroatoms. The number of rotatable bonds is 7. The van der Waals surface area contributed by atoms with Crippen molar-refractivity contribution in [1.82, 2.24) is 0 Å². The minimum absolute atomic E-state index is 0.0276. The quantitative estimate of drug-likeness (QED) is 0.692. The fourth-order valence-electron chi connectivity index (χ4n) is 2.45. The van der Waals surface area contributed by atoms with E-state index in [-0.39, 0.29) is 16.9 Å². The Morgan fingerprint density at radius 1 is 1.14 bits per heavy atom. The van der Waals surface area contributed by atoms with Gasteiger partial charge in [-0.3, -0.25) is 4.79 Å². The maximum absolute atomic E-state index is 12.9. The Morgan fingerprint density at radius 2 is 1.82 bits per heavy atom. The van der Waals surface area contributed by atoms with Crippen LogP contribution >= 0.6 is 0 Å². The van der Waals surface area contributed by atoms with Gasteiger partial charge in [0.2, 0.25) is 17.4 Å². The number of Topliss-reactive ketones (excluding diaryl/α,β-unsaturated/α-hetero) is 1. The molecule has 148 valence electrons. The molecule has 0 unspecified atom stereocenters. The average Bonchev–Trinajstić information content (AvgIpc) is 2.97. The first-order valence-electron chi connectivity index (χ1n) is 9.43. The normalized spacial score (nSPS) is 21.4. The van der Waals surface area contributed by atoms with Crippen molar-refractivity contribution in [3.8, 4) is 11.5 Å². The lowest BCUT2D eigenvalue weighted by atomic mass is 10.1. The van der Waals surface area contributed by atoms with Crippen LogP contribution in [0.4, 0.5) is 0 Å². The summed E-state index contributed by atoms with van der Waals surface area (Å²) >= 11 is 0. The zero-order valence-electron chi connectivity index (χ0n) is 18.0. The third-order valence-electron chi connectivity index (χ3n) is 3.70. The van der Waals surface area contributed by atoms with Crippen molar-refractivity contribution in [3.05, 3.63) is 71.3 Å². The minimum Gasteiger partial charge on any atom is -0.493 e. The molecule has 8 nitrogen and oxygen atoms in total. The Hall–Kier alpha value is -3.20. The Balaban J connectivity index is 1.94. The van der Waals surface area contributed by atoms with Crippen molar-refractivity contribution in [3.63, 3.8) is 0 Å². The Bertz CT molecular complexity index is 1150. The van der Waals surface area contributed by atoms with Crippen LogP contribution in [0.1, 0.15) is 21.3 Å². The molecular weight excluding hydrogens is 386 g/mol. The van der Waals surface area contributed by atoms with Gasteiger partial charge in [-0.15, -0.1) is 0 Å². The molecule has 1 heterocycles. The van der Waals surface area contributed by atoms with Crippen molar-refractivity contribution in [2.24, 2.45) is 5.73 Å². The summed E-state index contributed by atoms with van der Waals surface area (Å²) in [4.78, 5) is 12.9. The first-order chi connectivity index (χ1) is 14.5. The van der Waals surface area contributed by atoms with Crippen molar-refractivity contribution >= 4 is 15.9 Å². The van der Waals surface area contributed by atoms with E-state index < -0.39 is 39.3 Å². The van der Waals surface area contributed by atoms with Crippen LogP contribution in [-0.4, -0.2) is 28.4 Å². The lowest BCUT2D eigenvalue weighted by Gasteiger charge is -2.13. The molecular formula is C19H19NO7S. The van der Waals surface area contributed by atoms with Crippen molar-refractivity contribution in [2.75, 3.05) is 14.2 Å². The van der Waals surface area contributed by atoms with Crippen molar-refractivity contribution in [1.29, 1.82) is 0 Å². The lowest BCUT2D eigenvalue weighted by molar-refractivity contribution is -0.123. The molecule has 0 aromatic heterocycles. The second kappa shape index (κ2) is 7.81. The van der Waals surface area contributed by atoms with E-state index in [1.54, 1.807) is 6.07 Å². The van der Waals surface area contributed by atoms with E-state index >= 15 is 0 Å². The van der Waals surface area contributed by atoms with E-state index in [0.29, 0.717) is 5.75 Å². The van der Waals surface area contributed by atoms with Gasteiger partial charge in [0.05, 0.1) is 18.3 Å². The molecule has 2 aromatic rings. The molecule has 28 heavy (non-hydrogen) atoms. The summed E-state index contributed by atoms with van der Waals surface area (Å²) < 4.78 is 69.9. The molecule has 2 aromatic carbocycles. The first-order valence-corrected chi connectivity index (χ1v) is 9.34. The Kier molecular flexibility index (Phi) is 4.41. The Labute approximate surface area is 166 Å². The van der Waals surface area contributed by atoms with Crippen LogP contribution in [0.25, 0.3) is 0 Å². The summed E-state index contributed by atoms with van der Waals surface area (Å²) in [7, 11) is -2.29. The van der Waals surface area contributed by atoms with E-state index in [1.807, 2.05) is 0 Å². The van der Waals surface area contributed by atoms with Gasteiger partial charge in [-0.05, 0) is 17.7 Å². The molecule has 0 radical (unpaired) electrons. The predicted molar refractivity (Wildman–Crippen MR) is 99.7 cm³/mol. The number of ether oxygens (including phenoxy) is 3. The predicted octanol–water partition coefficient (Wildman–Crippen LogP) is 2.02. The molecule has 1 atom stereocenters. The summed E-state index contributed by atoms with van der Waals surface area (Å²) in [5, 5.41) is 0. The number of methoxy groups -OCH3 is 2. The van der Waals surface area contributed by atoms with Gasteiger partial charge in [-0.2, -0.15) is 8.42 Å². The molecule has 0 aliphatic carbocycles. The molecule has 0 saturated heterocycles. The third-order valence-corrected chi connectivity index (χ3v) is 4.58. The van der Waals surface area contributed by atoms with Gasteiger partial charge >= 0.3 is 10.1 Å². The number of ketones is 1. The van der Waals surface area contributed by atoms with E-state index in [4.69, 9.17) is 28.2 Å². The molecule has 1 aliphatic heterocycles. The molecule has 0 amide bonds. The smallest absolute Gasteiger partial charge is 0.313 e. The molecule has 1 aliphatic rings. The number of nitrogens with two attached hydrogens (primary N) is 1. The standard InChI is InChI=1S/C19H19NO7S/c1-24-14-9-8-13(10-15(14)25-2)17-16(21)18(19(20)26-17)27-28(22,23)11-12-6-4-3-5-7-12/h3-10,17H,11,20H2,1-2H3/t17-/m0/s1/i11D2,17D. The summed E-state index contributed by atoms with van der Waals surface area (Å²) in [5.41, 5.74) is 2.41. The van der Waals surface area contributed by atoms with E-state index in [2.05, 4.69) is 0 Å². The highest BCUT2D eigenvalue weighted by Crippen LogP contribution is 2.36. The van der Waals surface area contributed by atoms with Gasteiger partial charge in [0.15, 0.2) is 17.6 Å². The van der Waals surface area contributed by atoms with Crippen LogP contribution in [0.3, 0.4) is 0 Å². The van der Waals surface area contributed by atoms with Gasteiger partial charge in [-0.25, -0.2) is 0 Å². The van der Waals surface area contributed by atoms with Gasteiger partial charge in [0.25, 0.3) is 0 Å². The number of hydrogen-bond acceptors (Lipinski definition) is 8. The zero-order valence-corrected chi connectivity index (χ0v) is 15.8. The van der Waals surface area contributed by atoms with E-state index in [0.717, 1.165) is 0 Å². The van der Waals surface area contributed by atoms with Crippen LogP contribution < -0.4 is 15.2 Å². The van der Waals surface area contributed by atoms with Gasteiger partial charge < -0.3 is 24.1 Å². The molecule has 2 N–H and O–H groups in total. The average molecular weight is 408 g/mol. The fraction of sp³-hybridized carbons (Fsp3) is 0.211. The maximum atomic E-state index is 12.9. The maximum Gasteiger partial charge on any atom is 0.313 e. The van der Waals surface area contributed by atoms with Gasteiger partial charge in [0.1, 0.15) is 5.70 Å². The van der Waals surface area contributed by atoms with Crippen molar-refractivity contribution < 1.29 is 35.7 Å². The summed E-state index contributed by atoms with van der Waals surface area (Å²) in [6.45, 7) is 0. The second-order valence-electron chi connectivity index (χ2n) is 5.53. The Morgan fingerprint density at radius 3 is 2.46 bits per heavy atom. The lowest BCUT2D eigenvalue weighted by Crippen LogP contribution is -2.16. The topological polar surface area (TPSA) is 114 Å². The summed E-state index contributed by atoms with van der Waals surface area (Å²) in [6, 6.07) is 11.1. The highest BCUT2D eigenvalue weighted by atomic mass is 32.2. The van der Waals surface area contributed by atoms with Crippen LogP contribution in [-0.2, 0) is 29.5 Å². The van der Waals surface area contributed by atoms with Crippen LogP contribution in [0, 0.1) is 0 Å². The second-order valence-corrected chi connectivity index (χ2v) is 6.81. The highest BCUT2D eigenvalue weighted by molar-refractivity contribution is 7.86. The molecule has 0 fully saturated rings. The molecule has 0 bridgehead atoms. The van der Waals surface area contributed by atoms with Gasteiger partial charge in [-0.1, -0.05) is 36.4 Å². The largest absolute Gasteiger partial charge is 0.493 e. The summed E-state index contributed by atoms with van der Waals surface area (Å²) in [5.74, 6) is -2.43. The first kappa shape index (κ1) is 15.8. The van der Waals surface area contributed by atoms with Crippen LogP contribution in [0.15, 0.2) is 60.2 Å². The number of benzene rings is 2. The molecule has 0 spiro atoms. The molecule has 3 rings (SSSR count). The monoisotopic (exact) mass is 408 g/mol. The van der Waals surface area contributed by atoms with Gasteiger partial charge in [0, 0.05) is 5.56 Å². The number of hydrogen-bond donors (Lipinski definition) is 1. The number of carbonyl (C=O) groups excluding carboxylic acids is 1. The molecule has 0 saturated carbocycles. The number of carbonyl (C=O) groups is 1. The van der Waals surface area contributed by atoms with E-state index in [9.17, 15) is 13.2 Å². The fourth-order valence-corrected chi connectivity index (χ4v) is 3.29. The summed E-state index contributed by atoms with van der Waals surface area (Å²) in [6.07, 6.45) is -2.46. The van der Waals surface area contributed by atoms with E-state index in [1.165, 1.54) is 56.7 Å². The third kappa shape index (κ3) is 4.04. The van der Waals surface area contributed by atoms with Crippen LogP contribution in [0.2, 0.25) is 0 Å². The minimum atomic E-state index is -5.05. The van der Waals surface area contributed by atoms with Crippen molar-refractivity contribution in [2.45, 2.75) is 11.8 Å². The SMILES string of the molecule is [2H]C([2H])(c1ccccc1)S(=O)(=O)OC1=C(N)O[C@@]([2H])(c2ccc(OC)c(OC)c2)C1=O. The zero-order chi connectivity index (χ0) is 23.0. The van der Waals surface area contributed by atoms with Crippen LogP contribution in [0.5, 0.6) is 11.5 Å².